The molecule has 0 radical (unpaired) electrons. The molecule has 0 aromatic carbocycles. The van der Waals surface area contributed by atoms with Crippen molar-refractivity contribution < 1.29 is 9.53 Å². The molecule has 0 heterocycles. The molecule has 2 heteroatoms. The van der Waals surface area contributed by atoms with Gasteiger partial charge >= 0.3 is 0 Å². The summed E-state index contributed by atoms with van der Waals surface area (Å²) < 4.78 is 5.75. The minimum absolute atomic E-state index is 0.269. The van der Waals surface area contributed by atoms with Gasteiger partial charge in [0.1, 0.15) is 5.78 Å². The highest BCUT2D eigenvalue weighted by atomic mass is 16.5. The van der Waals surface area contributed by atoms with Gasteiger partial charge in [-0.3, -0.25) is 0 Å². The second-order valence-electron chi connectivity index (χ2n) is 4.57. The van der Waals surface area contributed by atoms with Gasteiger partial charge in [-0.2, -0.15) is 0 Å². The van der Waals surface area contributed by atoms with E-state index in [1.165, 1.54) is 25.7 Å². The fourth-order valence-electron chi connectivity index (χ4n) is 2.10. The Balaban J connectivity index is 2.03. The van der Waals surface area contributed by atoms with Crippen LogP contribution in [0.4, 0.5) is 0 Å². The molecule has 14 heavy (non-hydrogen) atoms. The summed E-state index contributed by atoms with van der Waals surface area (Å²) in [5.41, 5.74) is 0. The molecule has 2 unspecified atom stereocenters. The summed E-state index contributed by atoms with van der Waals surface area (Å²) in [7, 11) is 0. The van der Waals surface area contributed by atoms with E-state index >= 15 is 0 Å². The lowest BCUT2D eigenvalue weighted by molar-refractivity contribution is -0.117. The fourth-order valence-corrected chi connectivity index (χ4v) is 2.10. The standard InChI is InChI=1S/C12H22O2/c1-10-5-3-7-12(9-10)14-8-4-6-11(2)13/h10,12H,3-9H2,1-2H3. The van der Waals surface area contributed by atoms with Crippen molar-refractivity contribution in [2.75, 3.05) is 6.61 Å². The fraction of sp³-hybridized carbons (Fsp3) is 0.917. The zero-order chi connectivity index (χ0) is 10.4. The number of hydrogen-bond acceptors (Lipinski definition) is 2. The van der Waals surface area contributed by atoms with Crippen LogP contribution in [0.1, 0.15) is 52.4 Å². The van der Waals surface area contributed by atoms with Gasteiger partial charge in [0.05, 0.1) is 6.10 Å². The van der Waals surface area contributed by atoms with Gasteiger partial charge in [0.15, 0.2) is 0 Å². The van der Waals surface area contributed by atoms with E-state index in [-0.39, 0.29) is 5.78 Å². The first-order valence-corrected chi connectivity index (χ1v) is 5.79. The van der Waals surface area contributed by atoms with Crippen molar-refractivity contribution >= 4 is 5.78 Å². The molecule has 1 aliphatic rings. The molecular weight excluding hydrogens is 176 g/mol. The van der Waals surface area contributed by atoms with E-state index in [1.54, 1.807) is 6.92 Å². The van der Waals surface area contributed by atoms with Crippen LogP contribution in [0.3, 0.4) is 0 Å². The summed E-state index contributed by atoms with van der Waals surface area (Å²) in [5.74, 6) is 1.09. The summed E-state index contributed by atoms with van der Waals surface area (Å²) in [6.07, 6.45) is 7.10. The number of ether oxygens (including phenoxy) is 1. The third-order valence-corrected chi connectivity index (χ3v) is 2.92. The van der Waals surface area contributed by atoms with Gasteiger partial charge in [-0.15, -0.1) is 0 Å². The number of Topliss-reactive ketones (excluding diaryl/α,β-unsaturated/α-hetero) is 1. The molecule has 2 atom stereocenters. The van der Waals surface area contributed by atoms with E-state index in [2.05, 4.69) is 6.92 Å². The smallest absolute Gasteiger partial charge is 0.129 e. The molecule has 0 N–H and O–H groups in total. The highest BCUT2D eigenvalue weighted by Crippen LogP contribution is 2.25. The van der Waals surface area contributed by atoms with Crippen LogP contribution < -0.4 is 0 Å². The minimum atomic E-state index is 0.269. The monoisotopic (exact) mass is 198 g/mol. The number of carbonyl (C=O) groups is 1. The summed E-state index contributed by atoms with van der Waals surface area (Å²) in [6, 6.07) is 0. The van der Waals surface area contributed by atoms with Gasteiger partial charge in [-0.1, -0.05) is 19.8 Å². The lowest BCUT2D eigenvalue weighted by atomic mass is 9.89. The zero-order valence-corrected chi connectivity index (χ0v) is 9.42. The molecule has 1 aliphatic carbocycles. The highest BCUT2D eigenvalue weighted by Gasteiger charge is 2.18. The molecule has 1 saturated carbocycles. The van der Waals surface area contributed by atoms with Crippen LogP contribution in [-0.4, -0.2) is 18.5 Å². The van der Waals surface area contributed by atoms with Crippen molar-refractivity contribution in [3.05, 3.63) is 0 Å². The Hall–Kier alpha value is -0.370. The van der Waals surface area contributed by atoms with Gasteiger partial charge in [-0.25, -0.2) is 0 Å². The van der Waals surface area contributed by atoms with Gasteiger partial charge in [0.2, 0.25) is 0 Å². The number of carbonyl (C=O) groups excluding carboxylic acids is 1. The minimum Gasteiger partial charge on any atom is -0.378 e. The zero-order valence-electron chi connectivity index (χ0n) is 9.42. The van der Waals surface area contributed by atoms with Crippen LogP contribution in [0.2, 0.25) is 0 Å². The van der Waals surface area contributed by atoms with E-state index in [1.807, 2.05) is 0 Å². The second kappa shape index (κ2) is 6.18. The van der Waals surface area contributed by atoms with Crippen LogP contribution in [0.25, 0.3) is 0 Å². The third-order valence-electron chi connectivity index (χ3n) is 2.92. The Morgan fingerprint density at radius 1 is 1.43 bits per heavy atom. The van der Waals surface area contributed by atoms with Crippen LogP contribution in [0.5, 0.6) is 0 Å². The first kappa shape index (κ1) is 11.7. The quantitative estimate of drug-likeness (QED) is 0.635. The van der Waals surface area contributed by atoms with E-state index in [4.69, 9.17) is 4.74 Å². The molecule has 1 fully saturated rings. The average Bonchev–Trinajstić information content (AvgIpc) is 2.12. The van der Waals surface area contributed by atoms with Crippen LogP contribution >= 0.6 is 0 Å². The molecule has 0 aromatic heterocycles. The van der Waals surface area contributed by atoms with Crippen molar-refractivity contribution in [2.45, 2.75) is 58.5 Å². The van der Waals surface area contributed by atoms with Gasteiger partial charge in [0, 0.05) is 13.0 Å². The lowest BCUT2D eigenvalue weighted by Gasteiger charge is -2.26. The predicted octanol–water partition coefficient (Wildman–Crippen LogP) is 2.95. The van der Waals surface area contributed by atoms with E-state index < -0.39 is 0 Å². The van der Waals surface area contributed by atoms with Crippen LogP contribution in [0, 0.1) is 5.92 Å². The Kier molecular flexibility index (Phi) is 5.16. The number of ketones is 1. The maximum Gasteiger partial charge on any atom is 0.129 e. The van der Waals surface area contributed by atoms with Crippen molar-refractivity contribution in [2.24, 2.45) is 5.92 Å². The summed E-state index contributed by atoms with van der Waals surface area (Å²) in [4.78, 5) is 10.7. The molecule has 0 aliphatic heterocycles. The first-order valence-electron chi connectivity index (χ1n) is 5.79. The van der Waals surface area contributed by atoms with Crippen LogP contribution in [0.15, 0.2) is 0 Å². The van der Waals surface area contributed by atoms with E-state index in [0.29, 0.717) is 12.5 Å². The van der Waals surface area contributed by atoms with E-state index in [9.17, 15) is 4.79 Å². The van der Waals surface area contributed by atoms with Crippen molar-refractivity contribution in [1.82, 2.24) is 0 Å². The van der Waals surface area contributed by atoms with Gasteiger partial charge in [-0.05, 0) is 32.1 Å². The number of hydrogen-bond donors (Lipinski definition) is 0. The largest absolute Gasteiger partial charge is 0.378 e. The SMILES string of the molecule is CC(=O)CCCOC1CCCC(C)C1. The molecule has 0 bridgehead atoms. The molecular formula is C12H22O2. The molecule has 0 amide bonds. The molecule has 82 valence electrons. The topological polar surface area (TPSA) is 26.3 Å². The maximum atomic E-state index is 10.7. The van der Waals surface area contributed by atoms with Crippen LogP contribution in [-0.2, 0) is 9.53 Å². The Morgan fingerprint density at radius 3 is 2.86 bits per heavy atom. The molecule has 2 nitrogen and oxygen atoms in total. The molecule has 1 rings (SSSR count). The molecule has 0 spiro atoms. The Bertz CT molecular complexity index is 177. The molecule has 0 aromatic rings. The first-order chi connectivity index (χ1) is 6.68. The number of rotatable bonds is 5. The summed E-state index contributed by atoms with van der Waals surface area (Å²) >= 11 is 0. The average molecular weight is 198 g/mol. The summed E-state index contributed by atoms with van der Waals surface area (Å²) in [6.45, 7) is 4.70. The highest BCUT2D eigenvalue weighted by molar-refractivity contribution is 5.75. The Labute approximate surface area is 87.0 Å². The van der Waals surface area contributed by atoms with Gasteiger partial charge in [0.25, 0.3) is 0 Å². The van der Waals surface area contributed by atoms with Crippen molar-refractivity contribution in [3.8, 4) is 0 Å². The van der Waals surface area contributed by atoms with E-state index in [0.717, 1.165) is 18.9 Å². The molecule has 0 saturated heterocycles. The lowest BCUT2D eigenvalue weighted by Crippen LogP contribution is -2.22. The summed E-state index contributed by atoms with van der Waals surface area (Å²) in [5, 5.41) is 0. The van der Waals surface area contributed by atoms with Crippen molar-refractivity contribution in [3.63, 3.8) is 0 Å². The Morgan fingerprint density at radius 2 is 2.21 bits per heavy atom. The maximum absolute atomic E-state index is 10.7. The normalized spacial score (nSPS) is 27.6. The second-order valence-corrected chi connectivity index (χ2v) is 4.57. The third kappa shape index (κ3) is 4.75. The van der Waals surface area contributed by atoms with Crippen molar-refractivity contribution in [1.29, 1.82) is 0 Å². The van der Waals surface area contributed by atoms with Gasteiger partial charge < -0.3 is 9.53 Å². The predicted molar refractivity (Wildman–Crippen MR) is 57.3 cm³/mol.